The molecule has 0 spiro atoms. The van der Waals surface area contributed by atoms with Crippen molar-refractivity contribution in [2.45, 2.75) is 0 Å². The Kier molecular flexibility index (Phi) is 4.68. The predicted octanol–water partition coefficient (Wildman–Crippen LogP) is 2.77. The van der Waals surface area contributed by atoms with Crippen molar-refractivity contribution in [1.29, 1.82) is 0 Å². The second-order valence-electron chi connectivity index (χ2n) is 4.75. The number of thioether (sulfide) groups is 1. The highest BCUT2D eigenvalue weighted by molar-refractivity contribution is 8.26. The van der Waals surface area contributed by atoms with Gasteiger partial charge in [0.05, 0.1) is 10.5 Å². The Morgan fingerprint density at radius 2 is 2.17 bits per heavy atom. The van der Waals surface area contributed by atoms with Crippen molar-refractivity contribution >= 4 is 46.2 Å². The minimum absolute atomic E-state index is 0.194. The molecule has 0 aliphatic carbocycles. The average Bonchev–Trinajstić information content (AvgIpc) is 2.83. The zero-order valence-electron chi connectivity index (χ0n) is 12.1. The SMILES string of the molecule is O=C(NN1C(=O)/C(=C\c2cccc(F)c2)SC1=S)c1cccnc1. The lowest BCUT2D eigenvalue weighted by Crippen LogP contribution is -2.44. The van der Waals surface area contributed by atoms with Crippen molar-refractivity contribution in [2.24, 2.45) is 0 Å². The molecule has 1 aliphatic heterocycles. The van der Waals surface area contributed by atoms with Gasteiger partial charge in [0, 0.05) is 12.4 Å². The van der Waals surface area contributed by atoms with Gasteiger partial charge in [0.1, 0.15) is 5.82 Å². The topological polar surface area (TPSA) is 62.3 Å². The molecule has 3 rings (SSSR count). The van der Waals surface area contributed by atoms with Crippen LogP contribution in [-0.4, -0.2) is 26.1 Å². The number of amides is 2. The molecule has 2 amide bonds. The molecule has 2 aromatic rings. The number of pyridine rings is 1. The lowest BCUT2D eigenvalue weighted by Gasteiger charge is -2.15. The molecule has 120 valence electrons. The summed E-state index contributed by atoms with van der Waals surface area (Å²) in [5.74, 6) is -1.36. The van der Waals surface area contributed by atoms with Gasteiger partial charge in [-0.2, -0.15) is 5.01 Å². The molecule has 1 N–H and O–H groups in total. The van der Waals surface area contributed by atoms with Crippen molar-refractivity contribution in [1.82, 2.24) is 15.4 Å². The first-order chi connectivity index (χ1) is 11.5. The average molecular weight is 359 g/mol. The van der Waals surface area contributed by atoms with E-state index in [1.54, 1.807) is 24.3 Å². The summed E-state index contributed by atoms with van der Waals surface area (Å²) in [5.41, 5.74) is 3.29. The van der Waals surface area contributed by atoms with Gasteiger partial charge in [0.25, 0.3) is 11.8 Å². The van der Waals surface area contributed by atoms with E-state index in [1.165, 1.54) is 30.6 Å². The minimum Gasteiger partial charge on any atom is -0.267 e. The monoisotopic (exact) mass is 359 g/mol. The fourth-order valence-electron chi connectivity index (χ4n) is 1.97. The molecule has 1 aromatic heterocycles. The maximum absolute atomic E-state index is 13.2. The largest absolute Gasteiger partial charge is 0.285 e. The third-order valence-corrected chi connectivity index (χ3v) is 4.38. The van der Waals surface area contributed by atoms with E-state index in [1.807, 2.05) is 0 Å². The van der Waals surface area contributed by atoms with Crippen LogP contribution in [0.2, 0.25) is 0 Å². The Morgan fingerprint density at radius 3 is 2.88 bits per heavy atom. The first-order valence-electron chi connectivity index (χ1n) is 6.79. The number of hydrazine groups is 1. The number of benzene rings is 1. The number of nitrogens with zero attached hydrogens (tertiary/aromatic N) is 2. The molecule has 1 aliphatic rings. The van der Waals surface area contributed by atoms with Gasteiger partial charge in [0.15, 0.2) is 4.32 Å². The number of hydrogen-bond acceptors (Lipinski definition) is 5. The number of thiocarbonyl (C=S) groups is 1. The summed E-state index contributed by atoms with van der Waals surface area (Å²) in [6.07, 6.45) is 4.45. The van der Waals surface area contributed by atoms with Crippen molar-refractivity contribution in [3.8, 4) is 0 Å². The van der Waals surface area contributed by atoms with Crippen LogP contribution in [0.15, 0.2) is 53.7 Å². The highest BCUT2D eigenvalue weighted by atomic mass is 32.2. The molecule has 1 aromatic carbocycles. The van der Waals surface area contributed by atoms with Gasteiger partial charge in [-0.3, -0.25) is 20.0 Å². The molecule has 0 radical (unpaired) electrons. The first kappa shape index (κ1) is 16.3. The summed E-state index contributed by atoms with van der Waals surface area (Å²) >= 11 is 6.16. The van der Waals surface area contributed by atoms with Crippen LogP contribution in [0, 0.1) is 5.82 Å². The maximum atomic E-state index is 13.2. The Labute approximate surface area is 146 Å². The van der Waals surface area contributed by atoms with E-state index < -0.39 is 17.6 Å². The number of halogens is 1. The van der Waals surface area contributed by atoms with Gasteiger partial charge in [-0.25, -0.2) is 4.39 Å². The molecule has 5 nitrogen and oxygen atoms in total. The van der Waals surface area contributed by atoms with Crippen LogP contribution in [0.4, 0.5) is 4.39 Å². The second-order valence-corrected chi connectivity index (χ2v) is 6.43. The van der Waals surface area contributed by atoms with E-state index in [2.05, 4.69) is 10.4 Å². The fourth-order valence-corrected chi connectivity index (χ4v) is 3.15. The van der Waals surface area contributed by atoms with E-state index in [9.17, 15) is 14.0 Å². The highest BCUT2D eigenvalue weighted by Gasteiger charge is 2.33. The van der Waals surface area contributed by atoms with Crippen LogP contribution in [-0.2, 0) is 4.79 Å². The third kappa shape index (κ3) is 3.50. The Bertz CT molecular complexity index is 855. The zero-order valence-corrected chi connectivity index (χ0v) is 13.7. The number of rotatable bonds is 3. The van der Waals surface area contributed by atoms with Gasteiger partial charge >= 0.3 is 0 Å². The van der Waals surface area contributed by atoms with Crippen LogP contribution in [0.5, 0.6) is 0 Å². The fraction of sp³-hybridized carbons (Fsp3) is 0. The zero-order chi connectivity index (χ0) is 17.1. The van der Waals surface area contributed by atoms with Gasteiger partial charge < -0.3 is 0 Å². The summed E-state index contributed by atoms with van der Waals surface area (Å²) in [5, 5.41) is 1.00. The number of nitrogens with one attached hydrogen (secondary N) is 1. The predicted molar refractivity (Wildman–Crippen MR) is 93.1 cm³/mol. The quantitative estimate of drug-likeness (QED) is 0.674. The Balaban J connectivity index is 1.78. The number of aromatic nitrogens is 1. The molecule has 0 saturated carbocycles. The summed E-state index contributed by atoms with van der Waals surface area (Å²) in [6.45, 7) is 0. The lowest BCUT2D eigenvalue weighted by atomic mass is 10.2. The van der Waals surface area contributed by atoms with Crippen molar-refractivity contribution in [3.05, 3.63) is 70.6 Å². The number of carbonyl (C=O) groups is 2. The van der Waals surface area contributed by atoms with Gasteiger partial charge in [0.2, 0.25) is 0 Å². The van der Waals surface area contributed by atoms with Gasteiger partial charge in [-0.05, 0) is 48.1 Å². The third-order valence-electron chi connectivity index (χ3n) is 3.08. The van der Waals surface area contributed by atoms with E-state index in [-0.39, 0.29) is 4.32 Å². The van der Waals surface area contributed by atoms with Crippen LogP contribution in [0.3, 0.4) is 0 Å². The summed E-state index contributed by atoms with van der Waals surface area (Å²) in [4.78, 5) is 28.7. The molecular formula is C16H10FN3O2S2. The molecule has 0 unspecified atom stereocenters. The Hall–Kier alpha value is -2.58. The molecule has 0 atom stereocenters. The number of hydrogen-bond donors (Lipinski definition) is 1. The van der Waals surface area contributed by atoms with Gasteiger partial charge in [-0.15, -0.1) is 0 Å². The van der Waals surface area contributed by atoms with E-state index >= 15 is 0 Å². The van der Waals surface area contributed by atoms with Crippen LogP contribution < -0.4 is 5.43 Å². The van der Waals surface area contributed by atoms with Crippen molar-refractivity contribution in [2.75, 3.05) is 0 Å². The second kappa shape index (κ2) is 6.90. The highest BCUT2D eigenvalue weighted by Crippen LogP contribution is 2.31. The smallest absolute Gasteiger partial charge is 0.267 e. The summed E-state index contributed by atoms with van der Waals surface area (Å²) in [7, 11) is 0. The standard InChI is InChI=1S/C16H10FN3O2S2/c17-12-5-1-3-10(7-12)8-13-15(22)20(16(23)24-13)19-14(21)11-4-2-6-18-9-11/h1-9H,(H,19,21)/b13-8+. The normalized spacial score (nSPS) is 15.9. The molecule has 0 bridgehead atoms. The molecule has 1 saturated heterocycles. The number of carbonyl (C=O) groups excluding carboxylic acids is 2. The van der Waals surface area contributed by atoms with E-state index in [0.29, 0.717) is 16.0 Å². The first-order valence-corrected chi connectivity index (χ1v) is 8.01. The minimum atomic E-state index is -0.494. The molecule has 24 heavy (non-hydrogen) atoms. The lowest BCUT2D eigenvalue weighted by molar-refractivity contribution is -0.123. The van der Waals surface area contributed by atoms with Gasteiger partial charge in [-0.1, -0.05) is 23.9 Å². The molecule has 2 heterocycles. The van der Waals surface area contributed by atoms with E-state index in [0.717, 1.165) is 16.8 Å². The van der Waals surface area contributed by atoms with E-state index in [4.69, 9.17) is 12.2 Å². The molecule has 8 heteroatoms. The van der Waals surface area contributed by atoms with Crippen LogP contribution >= 0.6 is 24.0 Å². The maximum Gasteiger partial charge on any atom is 0.285 e. The Morgan fingerprint density at radius 1 is 1.33 bits per heavy atom. The van der Waals surface area contributed by atoms with Crippen LogP contribution in [0.25, 0.3) is 6.08 Å². The summed E-state index contributed by atoms with van der Waals surface area (Å²) in [6, 6.07) is 9.03. The van der Waals surface area contributed by atoms with Crippen LogP contribution in [0.1, 0.15) is 15.9 Å². The van der Waals surface area contributed by atoms with Crippen molar-refractivity contribution in [3.63, 3.8) is 0 Å². The van der Waals surface area contributed by atoms with Crippen molar-refractivity contribution < 1.29 is 14.0 Å². The molecule has 1 fully saturated rings. The molecular weight excluding hydrogens is 349 g/mol. The summed E-state index contributed by atoms with van der Waals surface area (Å²) < 4.78 is 13.4.